The fraction of sp³-hybridized carbons (Fsp3) is 0.522. The van der Waals surface area contributed by atoms with Crippen molar-refractivity contribution in [3.05, 3.63) is 40.2 Å². The number of amides is 1. The summed E-state index contributed by atoms with van der Waals surface area (Å²) in [5.41, 5.74) is 0.137. The van der Waals surface area contributed by atoms with Crippen LogP contribution in [0.15, 0.2) is 33.5 Å². The Labute approximate surface area is 199 Å². The molecule has 1 amide bonds. The third-order valence-electron chi connectivity index (χ3n) is 5.86. The number of fused-ring (bicyclic) bond motifs is 1. The normalized spacial score (nSPS) is 26.3. The third kappa shape index (κ3) is 5.46. The molecule has 0 saturated carbocycles. The molecule has 0 bridgehead atoms. The summed E-state index contributed by atoms with van der Waals surface area (Å²) in [7, 11) is 0. The summed E-state index contributed by atoms with van der Waals surface area (Å²) in [6.07, 6.45) is -7.60. The fourth-order valence-electron chi connectivity index (χ4n) is 3.89. The Bertz CT molecular complexity index is 1150. The molecule has 12 nitrogen and oxygen atoms in total. The zero-order valence-electron chi connectivity index (χ0n) is 19.4. The summed E-state index contributed by atoms with van der Waals surface area (Å²) in [5, 5.41) is 53.7. The molecule has 1 saturated heterocycles. The van der Waals surface area contributed by atoms with E-state index in [1.807, 2.05) is 0 Å². The molecule has 3 rings (SSSR count). The molecule has 6 atom stereocenters. The van der Waals surface area contributed by atoms with Gasteiger partial charge in [0.05, 0.1) is 25.2 Å². The van der Waals surface area contributed by atoms with Gasteiger partial charge in [-0.05, 0) is 24.6 Å². The Morgan fingerprint density at radius 1 is 1.26 bits per heavy atom. The Hall–Kier alpha value is -3.03. The zero-order chi connectivity index (χ0) is 26.1. The second-order valence-electron chi connectivity index (χ2n) is 8.85. The van der Waals surface area contributed by atoms with Crippen LogP contribution < -0.4 is 15.7 Å². The van der Waals surface area contributed by atoms with Crippen molar-refractivity contribution < 1.29 is 49.0 Å². The summed E-state index contributed by atoms with van der Waals surface area (Å²) >= 11 is 0. The lowest BCUT2D eigenvalue weighted by Crippen LogP contribution is -2.69. The van der Waals surface area contributed by atoms with E-state index in [-0.39, 0.29) is 11.3 Å². The summed E-state index contributed by atoms with van der Waals surface area (Å²) in [6.45, 7) is 3.98. The highest BCUT2D eigenvalue weighted by atomic mass is 16.7. The van der Waals surface area contributed by atoms with E-state index in [1.54, 1.807) is 26.8 Å². The molecule has 192 valence electrons. The van der Waals surface area contributed by atoms with Crippen LogP contribution in [0.3, 0.4) is 0 Å². The molecule has 1 fully saturated rings. The number of hydrogen-bond acceptors (Lipinski definition) is 10. The first-order valence-electron chi connectivity index (χ1n) is 11.0. The molecule has 2 heterocycles. The van der Waals surface area contributed by atoms with Gasteiger partial charge in [0.15, 0.2) is 0 Å². The summed E-state index contributed by atoms with van der Waals surface area (Å²) in [6, 6.07) is 4.22. The molecule has 1 aliphatic heterocycles. The molecule has 0 unspecified atom stereocenters. The van der Waals surface area contributed by atoms with Gasteiger partial charge in [0.2, 0.25) is 5.91 Å². The Morgan fingerprint density at radius 2 is 1.94 bits per heavy atom. The van der Waals surface area contributed by atoms with Crippen LogP contribution in [0.25, 0.3) is 11.0 Å². The first-order chi connectivity index (χ1) is 16.4. The van der Waals surface area contributed by atoms with Crippen molar-refractivity contribution in [1.82, 2.24) is 5.32 Å². The largest absolute Gasteiger partial charge is 0.476 e. The van der Waals surface area contributed by atoms with Gasteiger partial charge in [-0.25, -0.2) is 9.59 Å². The number of rotatable bonds is 8. The first-order valence-corrected chi connectivity index (χ1v) is 11.0. The average molecular weight is 495 g/mol. The molecule has 35 heavy (non-hydrogen) atoms. The number of carbonyl (C=O) groups excluding carboxylic acids is 1. The number of aliphatic hydroxyl groups is 4. The molecular formula is C23H29NO11. The lowest BCUT2D eigenvalue weighted by molar-refractivity contribution is -0.284. The first kappa shape index (κ1) is 26.6. The second-order valence-corrected chi connectivity index (χ2v) is 8.85. The molecule has 0 radical (unpaired) electrons. The standard InChI is InChI=1S/C23H29NO11/c1-10(2)21(30)24-18-14(26)8-23(22(31)32,35-20(18)19(29)15(27)9-25)34-12-4-5-13-11(3)6-17(28)33-16(13)7-12/h4-7,10,14-15,18-20,25-27,29H,8-9H2,1-3H3,(H,24,30)(H,31,32)/t14-,15+,18+,19-,20+,23+/m0/s1. The Kier molecular flexibility index (Phi) is 7.82. The minimum absolute atomic E-state index is 0.0820. The van der Waals surface area contributed by atoms with E-state index in [0.29, 0.717) is 10.9 Å². The summed E-state index contributed by atoms with van der Waals surface area (Å²) < 4.78 is 16.4. The van der Waals surface area contributed by atoms with Crippen molar-refractivity contribution in [1.29, 1.82) is 0 Å². The van der Waals surface area contributed by atoms with Gasteiger partial charge in [-0.1, -0.05) is 13.8 Å². The van der Waals surface area contributed by atoms with Gasteiger partial charge in [0.1, 0.15) is 29.6 Å². The number of ether oxygens (including phenoxy) is 2. The van der Waals surface area contributed by atoms with E-state index in [4.69, 9.17) is 13.9 Å². The van der Waals surface area contributed by atoms with Crippen LogP contribution in [0.4, 0.5) is 0 Å². The fourth-order valence-corrected chi connectivity index (χ4v) is 3.89. The molecule has 1 aromatic heterocycles. The van der Waals surface area contributed by atoms with E-state index >= 15 is 0 Å². The number of aliphatic carboxylic acids is 1. The highest BCUT2D eigenvalue weighted by Crippen LogP contribution is 2.35. The van der Waals surface area contributed by atoms with Gasteiger partial charge in [-0.3, -0.25) is 4.79 Å². The second kappa shape index (κ2) is 10.3. The number of nitrogens with one attached hydrogen (secondary N) is 1. The predicted molar refractivity (Wildman–Crippen MR) is 120 cm³/mol. The number of carboxylic acid groups (broad SMARTS) is 1. The van der Waals surface area contributed by atoms with Crippen molar-refractivity contribution >= 4 is 22.8 Å². The monoisotopic (exact) mass is 495 g/mol. The van der Waals surface area contributed by atoms with Crippen LogP contribution >= 0.6 is 0 Å². The van der Waals surface area contributed by atoms with E-state index < -0.39 is 72.7 Å². The van der Waals surface area contributed by atoms with Crippen molar-refractivity contribution in [3.63, 3.8) is 0 Å². The quantitative estimate of drug-likeness (QED) is 0.253. The van der Waals surface area contributed by atoms with Gasteiger partial charge >= 0.3 is 17.4 Å². The van der Waals surface area contributed by atoms with Crippen molar-refractivity contribution in [3.8, 4) is 5.75 Å². The number of aliphatic hydroxyl groups excluding tert-OH is 4. The number of aryl methyl sites for hydroxylation is 1. The maximum atomic E-state index is 12.3. The molecule has 6 N–H and O–H groups in total. The van der Waals surface area contributed by atoms with Gasteiger partial charge in [0.25, 0.3) is 0 Å². The van der Waals surface area contributed by atoms with Gasteiger partial charge < -0.3 is 44.7 Å². The predicted octanol–water partition coefficient (Wildman–Crippen LogP) is -0.734. The molecule has 1 aliphatic rings. The van der Waals surface area contributed by atoms with E-state index in [1.165, 1.54) is 18.2 Å². The minimum atomic E-state index is -2.56. The third-order valence-corrected chi connectivity index (χ3v) is 5.86. The zero-order valence-corrected chi connectivity index (χ0v) is 19.4. The summed E-state index contributed by atoms with van der Waals surface area (Å²) in [4.78, 5) is 36.3. The van der Waals surface area contributed by atoms with Crippen LogP contribution in [-0.2, 0) is 14.3 Å². The molecule has 1 aromatic carbocycles. The number of carbonyl (C=O) groups is 2. The van der Waals surface area contributed by atoms with Gasteiger partial charge in [0, 0.05) is 23.4 Å². The smallest absolute Gasteiger partial charge is 0.377 e. The van der Waals surface area contributed by atoms with Crippen molar-refractivity contribution in [2.24, 2.45) is 5.92 Å². The van der Waals surface area contributed by atoms with Gasteiger partial charge in [-0.15, -0.1) is 0 Å². The number of hydrogen-bond donors (Lipinski definition) is 6. The molecule has 12 heteroatoms. The van der Waals surface area contributed by atoms with Gasteiger partial charge in [-0.2, -0.15) is 0 Å². The highest BCUT2D eigenvalue weighted by Gasteiger charge is 2.56. The van der Waals surface area contributed by atoms with Crippen LogP contribution in [0.5, 0.6) is 5.75 Å². The lowest BCUT2D eigenvalue weighted by atomic mass is 9.88. The SMILES string of the molecule is Cc1cc(=O)oc2cc(O[C@]3(C(=O)O)C[C@H](O)[C@@H](NC(=O)C(C)C)[C@H]([C@@H](O)[C@H](O)CO)O3)ccc12. The Morgan fingerprint density at radius 3 is 2.54 bits per heavy atom. The van der Waals surface area contributed by atoms with Crippen molar-refractivity contribution in [2.75, 3.05) is 6.61 Å². The topological polar surface area (TPSA) is 196 Å². The van der Waals surface area contributed by atoms with Crippen LogP contribution in [-0.4, -0.2) is 80.3 Å². The van der Waals surface area contributed by atoms with E-state index in [2.05, 4.69) is 5.32 Å². The number of carboxylic acids is 1. The Balaban J connectivity index is 2.01. The van der Waals surface area contributed by atoms with Crippen LogP contribution in [0.1, 0.15) is 25.8 Å². The van der Waals surface area contributed by atoms with Crippen LogP contribution in [0.2, 0.25) is 0 Å². The number of benzene rings is 1. The van der Waals surface area contributed by atoms with E-state index in [9.17, 15) is 39.9 Å². The highest BCUT2D eigenvalue weighted by molar-refractivity contribution is 5.82. The molecule has 2 aromatic rings. The lowest BCUT2D eigenvalue weighted by Gasteiger charge is -2.46. The maximum absolute atomic E-state index is 12.3. The molecule has 0 aliphatic carbocycles. The average Bonchev–Trinajstić information content (AvgIpc) is 2.78. The van der Waals surface area contributed by atoms with Crippen LogP contribution in [0, 0.1) is 12.8 Å². The maximum Gasteiger partial charge on any atom is 0.377 e. The van der Waals surface area contributed by atoms with Crippen molar-refractivity contribution in [2.45, 2.75) is 63.4 Å². The van der Waals surface area contributed by atoms with E-state index in [0.717, 1.165) is 0 Å². The minimum Gasteiger partial charge on any atom is -0.476 e. The molecular weight excluding hydrogens is 466 g/mol. The molecule has 0 spiro atoms. The summed E-state index contributed by atoms with van der Waals surface area (Å²) in [5.74, 6) is -5.33.